The average Bonchev–Trinajstić information content (AvgIpc) is 2.58. The van der Waals surface area contributed by atoms with Crippen LogP contribution in [0, 0.1) is 0 Å². The van der Waals surface area contributed by atoms with E-state index in [-0.39, 0.29) is 22.4 Å². The molecule has 0 saturated heterocycles. The molecule has 1 rings (SSSR count). The summed E-state index contributed by atoms with van der Waals surface area (Å²) in [6.07, 6.45) is 2.89. The van der Waals surface area contributed by atoms with Crippen molar-refractivity contribution < 1.29 is 14.4 Å². The summed E-state index contributed by atoms with van der Waals surface area (Å²) in [6.45, 7) is 19.9. The van der Waals surface area contributed by atoms with Gasteiger partial charge in [-0.3, -0.25) is 4.79 Å². The van der Waals surface area contributed by atoms with Crippen LogP contribution in [-0.4, -0.2) is 18.6 Å². The molecule has 4 nitrogen and oxygen atoms in total. The summed E-state index contributed by atoms with van der Waals surface area (Å²) in [7, 11) is 1.60. The van der Waals surface area contributed by atoms with Gasteiger partial charge in [0.1, 0.15) is 11.4 Å². The summed E-state index contributed by atoms with van der Waals surface area (Å²) in [4.78, 5) is 16.7. The van der Waals surface area contributed by atoms with Crippen LogP contribution in [0.3, 0.4) is 0 Å². The molecule has 0 aliphatic carbocycles. The first-order chi connectivity index (χ1) is 12.8. The van der Waals surface area contributed by atoms with Gasteiger partial charge in [-0.2, -0.15) is 5.48 Å². The second-order valence-electron chi connectivity index (χ2n) is 9.96. The van der Waals surface area contributed by atoms with Crippen molar-refractivity contribution in [2.24, 2.45) is 0 Å². The zero-order chi connectivity index (χ0) is 21.8. The lowest BCUT2D eigenvalue weighted by Crippen LogP contribution is -2.33. The van der Waals surface area contributed by atoms with E-state index in [1.165, 1.54) is 11.1 Å². The van der Waals surface area contributed by atoms with Gasteiger partial charge in [0.2, 0.25) is 0 Å². The molecule has 0 aromatic heterocycles. The lowest BCUT2D eigenvalue weighted by atomic mass is 9.77. The van der Waals surface area contributed by atoms with E-state index in [4.69, 9.17) is 9.57 Å². The highest BCUT2D eigenvalue weighted by molar-refractivity contribution is 5.69. The highest BCUT2D eigenvalue weighted by atomic mass is 16.7. The Morgan fingerprint density at radius 2 is 1.39 bits per heavy atom. The molecular formula is C24H41NO3. The molecule has 0 aliphatic rings. The van der Waals surface area contributed by atoms with Crippen LogP contribution in [0.2, 0.25) is 0 Å². The molecule has 1 aromatic carbocycles. The molecule has 0 saturated carbocycles. The molecule has 0 fully saturated rings. The quantitative estimate of drug-likeness (QED) is 0.565. The number of benzene rings is 1. The van der Waals surface area contributed by atoms with Crippen LogP contribution >= 0.6 is 0 Å². The fourth-order valence-corrected chi connectivity index (χ4v) is 3.11. The number of rotatable bonds is 8. The predicted octanol–water partition coefficient (Wildman–Crippen LogP) is 5.85. The Bertz CT molecular complexity index is 626. The maximum absolute atomic E-state index is 11.8. The number of hydroxylamine groups is 1. The topological polar surface area (TPSA) is 47.6 Å². The third-order valence-corrected chi connectivity index (χ3v) is 5.44. The summed E-state index contributed by atoms with van der Waals surface area (Å²) >= 11 is 0. The highest BCUT2D eigenvalue weighted by Gasteiger charge is 2.32. The minimum Gasteiger partial charge on any atom is -0.487 e. The summed E-state index contributed by atoms with van der Waals surface area (Å²) in [6, 6.07) is 4.42. The first-order valence-electron chi connectivity index (χ1n) is 10.5. The molecule has 0 bridgehead atoms. The van der Waals surface area contributed by atoms with Crippen molar-refractivity contribution in [2.45, 2.75) is 104 Å². The van der Waals surface area contributed by atoms with Crippen LogP contribution in [0.1, 0.15) is 98.3 Å². The van der Waals surface area contributed by atoms with Crippen LogP contribution in [0.15, 0.2) is 12.1 Å². The van der Waals surface area contributed by atoms with Crippen LogP contribution in [-0.2, 0) is 26.9 Å². The van der Waals surface area contributed by atoms with Gasteiger partial charge in [-0.25, -0.2) is 0 Å². The lowest BCUT2D eigenvalue weighted by Gasteiger charge is -2.36. The van der Waals surface area contributed by atoms with Crippen LogP contribution in [0.25, 0.3) is 0 Å². The van der Waals surface area contributed by atoms with E-state index in [9.17, 15) is 4.79 Å². The van der Waals surface area contributed by atoms with Crippen molar-refractivity contribution in [2.75, 3.05) is 7.05 Å². The Morgan fingerprint density at radius 1 is 0.929 bits per heavy atom. The Hall–Kier alpha value is -1.55. The van der Waals surface area contributed by atoms with E-state index >= 15 is 0 Å². The zero-order valence-electron chi connectivity index (χ0n) is 19.7. The second kappa shape index (κ2) is 9.30. The van der Waals surface area contributed by atoms with Gasteiger partial charge in [0, 0.05) is 18.2 Å². The van der Waals surface area contributed by atoms with E-state index in [0.29, 0.717) is 12.8 Å². The van der Waals surface area contributed by atoms with Crippen LogP contribution in [0.5, 0.6) is 5.75 Å². The van der Waals surface area contributed by atoms with Gasteiger partial charge in [0.15, 0.2) is 0 Å². The smallest absolute Gasteiger partial charge is 0.325 e. The van der Waals surface area contributed by atoms with Crippen molar-refractivity contribution in [1.29, 1.82) is 0 Å². The molecule has 4 heteroatoms. The molecule has 0 unspecified atom stereocenters. The molecule has 0 heterocycles. The Labute approximate surface area is 172 Å². The van der Waals surface area contributed by atoms with Crippen molar-refractivity contribution in [3.8, 4) is 5.75 Å². The molecule has 0 aliphatic heterocycles. The molecule has 0 atom stereocenters. The number of ether oxygens (including phenoxy) is 1. The Kier molecular flexibility index (Phi) is 8.13. The monoisotopic (exact) mass is 391 g/mol. The van der Waals surface area contributed by atoms with E-state index in [1.807, 2.05) is 0 Å². The normalized spacial score (nSPS) is 12.8. The third-order valence-electron chi connectivity index (χ3n) is 5.44. The van der Waals surface area contributed by atoms with Crippen molar-refractivity contribution in [1.82, 2.24) is 5.48 Å². The summed E-state index contributed by atoms with van der Waals surface area (Å²) < 4.78 is 6.73. The standard InChI is InChI=1S/C24H41NO3/c1-11-24(9,12-2)27-21-18(22(3,4)5)15-17(13-14-20(26)28-25-10)16-19(21)23(6,7)8/h15-16,25H,11-14H2,1-10H3. The zero-order valence-corrected chi connectivity index (χ0v) is 19.7. The van der Waals surface area contributed by atoms with Gasteiger partial charge in [0.25, 0.3) is 0 Å². The number of hydrogen-bond donors (Lipinski definition) is 1. The first kappa shape index (κ1) is 24.5. The van der Waals surface area contributed by atoms with Crippen LogP contribution in [0.4, 0.5) is 0 Å². The van der Waals surface area contributed by atoms with Gasteiger partial charge in [0.05, 0.1) is 6.42 Å². The number of carbonyl (C=O) groups is 1. The van der Waals surface area contributed by atoms with Gasteiger partial charge in [-0.15, -0.1) is 0 Å². The highest BCUT2D eigenvalue weighted by Crippen LogP contribution is 2.43. The third kappa shape index (κ3) is 6.51. The molecule has 1 N–H and O–H groups in total. The summed E-state index contributed by atoms with van der Waals surface area (Å²) in [5, 5.41) is 0. The number of carbonyl (C=O) groups excluding carboxylic acids is 1. The fraction of sp³-hybridized carbons (Fsp3) is 0.708. The van der Waals surface area contributed by atoms with Crippen LogP contribution < -0.4 is 10.2 Å². The maximum atomic E-state index is 11.8. The van der Waals surface area contributed by atoms with Crippen molar-refractivity contribution in [3.05, 3.63) is 28.8 Å². The van der Waals surface area contributed by atoms with Crippen molar-refractivity contribution >= 4 is 5.97 Å². The molecule has 0 spiro atoms. The van der Waals surface area contributed by atoms with E-state index < -0.39 is 0 Å². The summed E-state index contributed by atoms with van der Waals surface area (Å²) in [5.41, 5.74) is 5.66. The van der Waals surface area contributed by atoms with Gasteiger partial charge in [-0.1, -0.05) is 67.5 Å². The second-order valence-corrected chi connectivity index (χ2v) is 9.96. The maximum Gasteiger partial charge on any atom is 0.325 e. The van der Waals surface area contributed by atoms with E-state index in [1.54, 1.807) is 7.05 Å². The molecular weight excluding hydrogens is 350 g/mol. The van der Waals surface area contributed by atoms with Gasteiger partial charge < -0.3 is 9.57 Å². The number of nitrogens with one attached hydrogen (secondary N) is 1. The largest absolute Gasteiger partial charge is 0.487 e. The van der Waals surface area contributed by atoms with E-state index in [0.717, 1.165) is 24.2 Å². The SMILES string of the molecule is CCC(C)(CC)Oc1c(C(C)(C)C)cc(CCC(=O)ONC)cc1C(C)(C)C. The van der Waals surface area contributed by atoms with Gasteiger partial charge in [-0.05, 0) is 42.6 Å². The molecule has 0 radical (unpaired) electrons. The van der Waals surface area contributed by atoms with Gasteiger partial charge >= 0.3 is 5.97 Å². The average molecular weight is 392 g/mol. The molecule has 160 valence electrons. The van der Waals surface area contributed by atoms with Crippen molar-refractivity contribution in [3.63, 3.8) is 0 Å². The Balaban J connectivity index is 3.53. The molecule has 1 aromatic rings. The minimum absolute atomic E-state index is 0.0702. The number of hydrogen-bond acceptors (Lipinski definition) is 4. The predicted molar refractivity (Wildman–Crippen MR) is 117 cm³/mol. The Morgan fingerprint density at radius 3 is 1.75 bits per heavy atom. The number of aryl methyl sites for hydroxylation is 1. The molecule has 28 heavy (non-hydrogen) atoms. The lowest BCUT2D eigenvalue weighted by molar-refractivity contribution is -0.149. The minimum atomic E-state index is -0.248. The fourth-order valence-electron chi connectivity index (χ4n) is 3.11. The van der Waals surface area contributed by atoms with E-state index in [2.05, 4.69) is 79.9 Å². The molecule has 0 amide bonds. The first-order valence-corrected chi connectivity index (χ1v) is 10.5. The summed E-state index contributed by atoms with van der Waals surface area (Å²) in [5.74, 6) is 0.759.